The van der Waals surface area contributed by atoms with E-state index in [1.54, 1.807) is 6.20 Å². The number of hydrogen-bond donors (Lipinski definition) is 0. The maximum Gasteiger partial charge on any atom is 0.267 e. The summed E-state index contributed by atoms with van der Waals surface area (Å²) in [5.74, 6) is 0.0809. The molecule has 104 valence electrons. The van der Waals surface area contributed by atoms with Crippen LogP contribution in [0.15, 0.2) is 6.20 Å². The maximum absolute atomic E-state index is 12.6. The largest absolute Gasteiger partial charge is 0.376 e. The second-order valence-electron chi connectivity index (χ2n) is 5.31. The molecule has 0 N–H and O–H groups in total. The van der Waals surface area contributed by atoms with Crippen molar-refractivity contribution in [3.63, 3.8) is 0 Å². The first-order valence-electron chi connectivity index (χ1n) is 7.04. The van der Waals surface area contributed by atoms with Crippen LogP contribution in [0, 0.1) is 0 Å². The van der Waals surface area contributed by atoms with Gasteiger partial charge in [-0.05, 0) is 37.2 Å². The number of amides is 1. The molecule has 1 aliphatic heterocycles. The molecular weight excluding hydrogens is 262 g/mol. The van der Waals surface area contributed by atoms with E-state index in [0.29, 0.717) is 10.9 Å². The van der Waals surface area contributed by atoms with Crippen LogP contribution in [0.25, 0.3) is 0 Å². The van der Waals surface area contributed by atoms with Crippen LogP contribution in [0.1, 0.15) is 48.2 Å². The zero-order valence-corrected chi connectivity index (χ0v) is 11.8. The van der Waals surface area contributed by atoms with Crippen molar-refractivity contribution in [2.45, 2.75) is 50.7 Å². The third-order valence-corrected chi connectivity index (χ3v) is 4.68. The van der Waals surface area contributed by atoms with Crippen molar-refractivity contribution < 1.29 is 9.53 Å². The topological polar surface area (TPSA) is 55.3 Å². The molecule has 6 heteroatoms. The first-order valence-corrected chi connectivity index (χ1v) is 7.82. The van der Waals surface area contributed by atoms with Gasteiger partial charge in [-0.15, -0.1) is 5.10 Å². The van der Waals surface area contributed by atoms with Gasteiger partial charge in [0.05, 0.1) is 12.3 Å². The molecule has 1 saturated carbocycles. The standard InChI is InChI=1S/C13H19N3O2S/c17-13(12-8-14-15-19-12)16(10-4-1-2-5-10)9-11-6-3-7-18-11/h8,10-11H,1-7,9H2. The molecule has 19 heavy (non-hydrogen) atoms. The lowest BCUT2D eigenvalue weighted by atomic mass is 10.1. The van der Waals surface area contributed by atoms with Crippen LogP contribution in [0.5, 0.6) is 0 Å². The first-order chi connectivity index (χ1) is 9.34. The van der Waals surface area contributed by atoms with Crippen LogP contribution in [0.3, 0.4) is 0 Å². The predicted molar refractivity (Wildman–Crippen MR) is 72.2 cm³/mol. The Morgan fingerprint density at radius 3 is 2.84 bits per heavy atom. The Kier molecular flexibility index (Phi) is 4.08. The van der Waals surface area contributed by atoms with Crippen molar-refractivity contribution in [3.8, 4) is 0 Å². The highest BCUT2D eigenvalue weighted by atomic mass is 32.1. The molecule has 1 unspecified atom stereocenters. The molecule has 2 heterocycles. The van der Waals surface area contributed by atoms with E-state index < -0.39 is 0 Å². The summed E-state index contributed by atoms with van der Waals surface area (Å²) < 4.78 is 9.49. The van der Waals surface area contributed by atoms with Gasteiger partial charge in [-0.1, -0.05) is 17.3 Å². The fourth-order valence-electron chi connectivity index (χ4n) is 3.02. The summed E-state index contributed by atoms with van der Waals surface area (Å²) in [6, 6.07) is 0.374. The van der Waals surface area contributed by atoms with Gasteiger partial charge >= 0.3 is 0 Å². The number of carbonyl (C=O) groups is 1. The van der Waals surface area contributed by atoms with Gasteiger partial charge in [-0.2, -0.15) is 0 Å². The Balaban J connectivity index is 1.72. The summed E-state index contributed by atoms with van der Waals surface area (Å²) in [4.78, 5) is 15.2. The smallest absolute Gasteiger partial charge is 0.267 e. The SMILES string of the molecule is O=C(c1cnns1)N(CC1CCCO1)C1CCCC1. The Hall–Kier alpha value is -1.01. The fourth-order valence-corrected chi connectivity index (χ4v) is 3.50. The lowest BCUT2D eigenvalue weighted by Gasteiger charge is -2.30. The quantitative estimate of drug-likeness (QED) is 0.848. The molecule has 1 aromatic rings. The number of hydrogen-bond acceptors (Lipinski definition) is 5. The molecule has 1 saturated heterocycles. The lowest BCUT2D eigenvalue weighted by molar-refractivity contribution is 0.0424. The fraction of sp³-hybridized carbons (Fsp3) is 0.769. The zero-order valence-electron chi connectivity index (χ0n) is 11.0. The Morgan fingerprint density at radius 2 is 2.21 bits per heavy atom. The number of ether oxygens (including phenoxy) is 1. The highest BCUT2D eigenvalue weighted by molar-refractivity contribution is 7.07. The van der Waals surface area contributed by atoms with E-state index in [0.717, 1.165) is 38.8 Å². The Morgan fingerprint density at radius 1 is 1.37 bits per heavy atom. The van der Waals surface area contributed by atoms with Crippen LogP contribution in [0.2, 0.25) is 0 Å². The summed E-state index contributed by atoms with van der Waals surface area (Å²) in [5, 5.41) is 3.77. The molecule has 0 bridgehead atoms. The first kappa shape index (κ1) is 13.0. The van der Waals surface area contributed by atoms with Gasteiger partial charge in [0.1, 0.15) is 4.88 Å². The summed E-state index contributed by atoms with van der Waals surface area (Å²) >= 11 is 1.18. The number of rotatable bonds is 4. The minimum Gasteiger partial charge on any atom is -0.376 e. The maximum atomic E-state index is 12.6. The highest BCUT2D eigenvalue weighted by Gasteiger charge is 2.31. The molecular formula is C13H19N3O2S. The molecule has 2 fully saturated rings. The number of aromatic nitrogens is 2. The third-order valence-electron chi connectivity index (χ3n) is 4.02. The van der Waals surface area contributed by atoms with E-state index in [4.69, 9.17) is 4.74 Å². The van der Waals surface area contributed by atoms with E-state index in [1.165, 1.54) is 24.4 Å². The van der Waals surface area contributed by atoms with Crippen LogP contribution in [0.4, 0.5) is 0 Å². The molecule has 1 amide bonds. The van der Waals surface area contributed by atoms with Crippen LogP contribution in [-0.4, -0.2) is 45.7 Å². The number of nitrogens with zero attached hydrogens (tertiary/aromatic N) is 3. The normalized spacial score (nSPS) is 23.9. The summed E-state index contributed by atoms with van der Waals surface area (Å²) in [5.41, 5.74) is 0. The average Bonchev–Trinajstić information content (AvgIpc) is 3.15. The molecule has 0 spiro atoms. The molecule has 0 aromatic carbocycles. The summed E-state index contributed by atoms with van der Waals surface area (Å²) in [6.07, 6.45) is 8.64. The van der Waals surface area contributed by atoms with E-state index in [-0.39, 0.29) is 12.0 Å². The van der Waals surface area contributed by atoms with Gasteiger partial charge in [-0.25, -0.2) is 0 Å². The van der Waals surface area contributed by atoms with Gasteiger partial charge in [0.25, 0.3) is 5.91 Å². The molecule has 1 aromatic heterocycles. The monoisotopic (exact) mass is 281 g/mol. The van der Waals surface area contributed by atoms with Gasteiger partial charge in [0, 0.05) is 19.2 Å². The van der Waals surface area contributed by atoms with E-state index in [2.05, 4.69) is 9.59 Å². The minimum absolute atomic E-state index is 0.0809. The second-order valence-corrected chi connectivity index (χ2v) is 6.10. The molecule has 2 aliphatic rings. The van der Waals surface area contributed by atoms with Gasteiger partial charge in [-0.3, -0.25) is 4.79 Å². The van der Waals surface area contributed by atoms with Gasteiger partial charge in [0.15, 0.2) is 0 Å². The second kappa shape index (κ2) is 5.96. The van der Waals surface area contributed by atoms with Crippen molar-refractivity contribution in [2.75, 3.05) is 13.2 Å². The molecule has 0 radical (unpaired) electrons. The van der Waals surface area contributed by atoms with Crippen molar-refractivity contribution >= 4 is 17.4 Å². The van der Waals surface area contributed by atoms with E-state index in [9.17, 15) is 4.79 Å². The average molecular weight is 281 g/mol. The Labute approximate surface area is 117 Å². The van der Waals surface area contributed by atoms with Gasteiger partial charge in [0.2, 0.25) is 0 Å². The molecule has 1 atom stereocenters. The number of carbonyl (C=O) groups excluding carboxylic acids is 1. The molecule has 1 aliphatic carbocycles. The van der Waals surface area contributed by atoms with Crippen molar-refractivity contribution in [1.82, 2.24) is 14.5 Å². The van der Waals surface area contributed by atoms with Crippen LogP contribution >= 0.6 is 11.5 Å². The van der Waals surface area contributed by atoms with E-state index in [1.807, 2.05) is 4.90 Å². The highest BCUT2D eigenvalue weighted by Crippen LogP contribution is 2.27. The Bertz CT molecular complexity index is 412. The zero-order chi connectivity index (χ0) is 13.1. The van der Waals surface area contributed by atoms with Crippen molar-refractivity contribution in [2.24, 2.45) is 0 Å². The minimum atomic E-state index is 0.0809. The lowest BCUT2D eigenvalue weighted by Crippen LogP contribution is -2.43. The summed E-state index contributed by atoms with van der Waals surface area (Å²) in [7, 11) is 0. The van der Waals surface area contributed by atoms with E-state index >= 15 is 0 Å². The predicted octanol–water partition coefficient (Wildman–Crippen LogP) is 2.10. The third kappa shape index (κ3) is 2.95. The van der Waals surface area contributed by atoms with Crippen molar-refractivity contribution in [1.29, 1.82) is 0 Å². The van der Waals surface area contributed by atoms with Crippen LogP contribution < -0.4 is 0 Å². The van der Waals surface area contributed by atoms with Crippen LogP contribution in [-0.2, 0) is 4.74 Å². The van der Waals surface area contributed by atoms with Gasteiger partial charge < -0.3 is 9.64 Å². The molecule has 5 nitrogen and oxygen atoms in total. The van der Waals surface area contributed by atoms with Crippen molar-refractivity contribution in [3.05, 3.63) is 11.1 Å². The molecule has 3 rings (SSSR count). The summed E-state index contributed by atoms with van der Waals surface area (Å²) in [6.45, 7) is 1.56.